The Morgan fingerprint density at radius 3 is 2.57 bits per heavy atom. The smallest absolute Gasteiger partial charge is 0.343 e. The Balaban J connectivity index is 2.25. The summed E-state index contributed by atoms with van der Waals surface area (Å²) in [6, 6.07) is 5.62. The van der Waals surface area contributed by atoms with Crippen LogP contribution in [0.2, 0.25) is 0 Å². The summed E-state index contributed by atoms with van der Waals surface area (Å²) in [6.45, 7) is 3.75. The van der Waals surface area contributed by atoms with E-state index >= 15 is 0 Å². The predicted octanol–water partition coefficient (Wildman–Crippen LogP) is 0.807. The Kier molecular flexibility index (Phi) is 2.87. The summed E-state index contributed by atoms with van der Waals surface area (Å²) in [5.41, 5.74) is -0.841. The van der Waals surface area contributed by atoms with Crippen LogP contribution in [0.5, 0.6) is 5.75 Å². The molecule has 3 aliphatic rings. The van der Waals surface area contributed by atoms with Crippen LogP contribution in [0.1, 0.15) is 20.3 Å². The number of piperidine rings is 1. The molecule has 2 bridgehead atoms. The molecule has 3 saturated heterocycles. The molecule has 2 atom stereocenters. The van der Waals surface area contributed by atoms with E-state index in [1.54, 1.807) is 13.8 Å². The van der Waals surface area contributed by atoms with Gasteiger partial charge in [0.2, 0.25) is 14.7 Å². The van der Waals surface area contributed by atoms with Crippen LogP contribution in [-0.4, -0.2) is 37.0 Å². The molecule has 0 aromatic heterocycles. The van der Waals surface area contributed by atoms with Gasteiger partial charge in [0.15, 0.2) is 0 Å². The number of carbonyl (C=O) groups excluding carboxylic acids is 1. The molecule has 2 N–H and O–H groups in total. The number of esters is 1. The monoisotopic (exact) mass is 311 g/mol. The van der Waals surface area contributed by atoms with Crippen molar-refractivity contribution in [1.82, 2.24) is 5.32 Å². The Morgan fingerprint density at radius 2 is 2.00 bits per heavy atom. The highest BCUT2D eigenvalue weighted by atomic mass is 32.2. The molecule has 3 aliphatic heterocycles. The number of hydrogen-bond donors (Lipinski definition) is 2. The van der Waals surface area contributed by atoms with Gasteiger partial charge in [-0.3, -0.25) is 5.32 Å². The van der Waals surface area contributed by atoms with Gasteiger partial charge in [0.1, 0.15) is 16.7 Å². The Bertz CT molecular complexity index is 712. The van der Waals surface area contributed by atoms with Gasteiger partial charge in [0.05, 0.1) is 0 Å². The first-order valence-corrected chi connectivity index (χ1v) is 8.19. The van der Waals surface area contributed by atoms with E-state index in [2.05, 4.69) is 5.32 Å². The van der Waals surface area contributed by atoms with Gasteiger partial charge >= 0.3 is 5.97 Å². The number of aromatic hydroxyl groups is 1. The molecule has 4 rings (SSSR count). The van der Waals surface area contributed by atoms with Gasteiger partial charge in [-0.05, 0) is 18.6 Å². The molecule has 0 radical (unpaired) electrons. The molecule has 114 valence electrons. The van der Waals surface area contributed by atoms with E-state index in [0.717, 1.165) is 0 Å². The molecule has 21 heavy (non-hydrogen) atoms. The molecule has 3 fully saturated rings. The minimum atomic E-state index is -4.16. The molecule has 7 heteroatoms. The summed E-state index contributed by atoms with van der Waals surface area (Å²) in [4.78, 5) is 10.3. The van der Waals surface area contributed by atoms with Crippen LogP contribution < -0.4 is 5.32 Å². The molecule has 0 spiro atoms. The number of phenols is 1. The highest BCUT2D eigenvalue weighted by Crippen LogP contribution is 2.50. The second kappa shape index (κ2) is 4.20. The molecule has 2 unspecified atom stereocenters. The molecular formula is C14H17NO5S. The van der Waals surface area contributed by atoms with E-state index in [4.69, 9.17) is 4.74 Å². The lowest BCUT2D eigenvalue weighted by Crippen LogP contribution is -2.76. The number of hydrogen-bond acceptors (Lipinski definition) is 6. The van der Waals surface area contributed by atoms with Crippen LogP contribution >= 0.6 is 0 Å². The molecule has 1 aromatic rings. The molecule has 3 heterocycles. The van der Waals surface area contributed by atoms with Crippen LogP contribution in [0.3, 0.4) is 0 Å². The summed E-state index contributed by atoms with van der Waals surface area (Å²) in [5.74, 6) is -1.16. The van der Waals surface area contributed by atoms with Crippen molar-refractivity contribution in [1.29, 1.82) is 0 Å². The zero-order chi connectivity index (χ0) is 15.5. The molecule has 6 nitrogen and oxygen atoms in total. The lowest BCUT2D eigenvalue weighted by atomic mass is 9.74. The number of nitrogens with one attached hydrogen (secondary N) is 1. The van der Waals surface area contributed by atoms with E-state index in [1.165, 1.54) is 24.3 Å². The second-order valence-electron chi connectivity index (χ2n) is 6.15. The number of ether oxygens (including phenoxy) is 1. The van der Waals surface area contributed by atoms with Gasteiger partial charge in [-0.25, -0.2) is 13.2 Å². The van der Waals surface area contributed by atoms with Gasteiger partial charge in [0, 0.05) is 12.0 Å². The summed E-state index contributed by atoms with van der Waals surface area (Å²) >= 11 is 0. The average molecular weight is 311 g/mol. The van der Waals surface area contributed by atoms with Crippen LogP contribution in [0.25, 0.3) is 0 Å². The Morgan fingerprint density at radius 1 is 1.33 bits per heavy atom. The van der Waals surface area contributed by atoms with E-state index in [1.807, 2.05) is 0 Å². The molecule has 0 saturated carbocycles. The maximum Gasteiger partial charge on any atom is 0.343 e. The number of carbonyl (C=O) groups is 1. The number of fused-ring (bicyclic) bond motifs is 3. The van der Waals surface area contributed by atoms with Gasteiger partial charge in [-0.1, -0.05) is 26.0 Å². The van der Waals surface area contributed by atoms with Crippen molar-refractivity contribution in [3.05, 3.63) is 24.3 Å². The van der Waals surface area contributed by atoms with Crippen molar-refractivity contribution in [2.75, 3.05) is 6.54 Å². The molecule has 0 amide bonds. The van der Waals surface area contributed by atoms with Crippen LogP contribution in [0.4, 0.5) is 0 Å². The van der Waals surface area contributed by atoms with E-state index in [9.17, 15) is 18.3 Å². The zero-order valence-electron chi connectivity index (χ0n) is 11.8. The fourth-order valence-corrected chi connectivity index (χ4v) is 5.65. The maximum atomic E-state index is 13.1. The Labute approximate surface area is 123 Å². The van der Waals surface area contributed by atoms with Crippen molar-refractivity contribution in [3.8, 4) is 5.75 Å². The maximum absolute atomic E-state index is 13.1. The summed E-state index contributed by atoms with van der Waals surface area (Å²) < 4.78 is 31.4. The number of rotatable bonds is 2. The van der Waals surface area contributed by atoms with Crippen LogP contribution in [0, 0.1) is 5.41 Å². The largest absolute Gasteiger partial charge is 0.507 e. The minimum absolute atomic E-state index is 0.261. The quantitative estimate of drug-likeness (QED) is 0.785. The first kappa shape index (κ1) is 14.3. The number of para-hydroxylation sites is 1. The molecule has 1 aromatic carbocycles. The van der Waals surface area contributed by atoms with Crippen molar-refractivity contribution in [2.45, 2.75) is 36.1 Å². The second-order valence-corrected chi connectivity index (χ2v) is 8.21. The minimum Gasteiger partial charge on any atom is -0.507 e. The third-order valence-corrected chi connectivity index (χ3v) is 6.98. The van der Waals surface area contributed by atoms with Gasteiger partial charge in [-0.15, -0.1) is 0 Å². The standard InChI is InChI=1S/C14H17NO5S/c1-13(2)7-9-8-15-14(13,12(17)20-9)21(18,19)11-6-4-3-5-10(11)16/h3-6,9,15-16H,7-8H2,1-2H3. The SMILES string of the molecule is CC1(C)CC2CNC1(S(=O)(=O)c1ccccc1O)C(=O)O2. The number of phenolic OH excluding ortho intramolecular Hbond substituents is 1. The highest BCUT2D eigenvalue weighted by molar-refractivity contribution is 7.93. The first-order valence-electron chi connectivity index (χ1n) is 6.71. The topological polar surface area (TPSA) is 92.7 Å². The highest BCUT2D eigenvalue weighted by Gasteiger charge is 2.68. The van der Waals surface area contributed by atoms with Crippen molar-refractivity contribution in [2.24, 2.45) is 5.41 Å². The zero-order valence-corrected chi connectivity index (χ0v) is 12.6. The van der Waals surface area contributed by atoms with Gasteiger partial charge in [0.25, 0.3) is 0 Å². The van der Waals surface area contributed by atoms with Gasteiger partial charge < -0.3 is 9.84 Å². The first-order chi connectivity index (χ1) is 9.72. The summed E-state index contributed by atoms with van der Waals surface area (Å²) in [6.07, 6.45) is 0.146. The number of sulfone groups is 1. The van der Waals surface area contributed by atoms with Crippen molar-refractivity contribution in [3.63, 3.8) is 0 Å². The van der Waals surface area contributed by atoms with Crippen molar-refractivity contribution < 1.29 is 23.1 Å². The van der Waals surface area contributed by atoms with E-state index in [0.29, 0.717) is 13.0 Å². The predicted molar refractivity (Wildman–Crippen MR) is 74.3 cm³/mol. The summed E-state index contributed by atoms with van der Waals surface area (Å²) in [7, 11) is -4.16. The van der Waals surface area contributed by atoms with Gasteiger partial charge in [-0.2, -0.15) is 0 Å². The van der Waals surface area contributed by atoms with E-state index < -0.39 is 26.1 Å². The fourth-order valence-electron chi connectivity index (χ4n) is 3.37. The Hall–Kier alpha value is -1.60. The summed E-state index contributed by atoms with van der Waals surface area (Å²) in [5, 5.41) is 12.8. The third-order valence-electron chi connectivity index (χ3n) is 4.39. The average Bonchev–Trinajstić information content (AvgIpc) is 2.37. The molecule has 0 aliphatic carbocycles. The van der Waals surface area contributed by atoms with Crippen molar-refractivity contribution >= 4 is 15.8 Å². The third kappa shape index (κ3) is 1.67. The van der Waals surface area contributed by atoms with Crippen LogP contribution in [0.15, 0.2) is 29.2 Å². The fraction of sp³-hybridized carbons (Fsp3) is 0.500. The molecular weight excluding hydrogens is 294 g/mol. The van der Waals surface area contributed by atoms with Crippen LogP contribution in [-0.2, 0) is 19.4 Å². The number of benzene rings is 1. The lowest BCUT2D eigenvalue weighted by molar-refractivity contribution is -0.178. The van der Waals surface area contributed by atoms with E-state index in [-0.39, 0.29) is 16.7 Å². The number of morpholine rings is 1. The lowest BCUT2D eigenvalue weighted by Gasteiger charge is -2.54. The normalized spacial score (nSPS) is 31.0.